The van der Waals surface area contributed by atoms with Crippen LogP contribution in [0.25, 0.3) is 0 Å². The van der Waals surface area contributed by atoms with Crippen LogP contribution in [0.4, 0.5) is 0 Å². The van der Waals surface area contributed by atoms with Gasteiger partial charge in [0.2, 0.25) is 0 Å². The van der Waals surface area contributed by atoms with Gasteiger partial charge in [-0.05, 0) is 61.9 Å². The first-order chi connectivity index (χ1) is 7.18. The summed E-state index contributed by atoms with van der Waals surface area (Å²) in [6, 6.07) is 0. The van der Waals surface area contributed by atoms with Crippen molar-refractivity contribution in [3.8, 4) is 0 Å². The van der Waals surface area contributed by atoms with Crippen LogP contribution in [0.3, 0.4) is 0 Å². The molecule has 0 spiro atoms. The number of thioether (sulfide) groups is 1. The lowest BCUT2D eigenvalue weighted by molar-refractivity contribution is 0.0266. The molecule has 3 aliphatic rings. The fraction of sp³-hybridized carbons (Fsp3) is 0.857. The third kappa shape index (κ3) is 1.28. The van der Waals surface area contributed by atoms with Crippen molar-refractivity contribution in [3.05, 3.63) is 11.1 Å². The second kappa shape index (κ2) is 3.29. The van der Waals surface area contributed by atoms with E-state index in [2.05, 4.69) is 25.6 Å². The summed E-state index contributed by atoms with van der Waals surface area (Å²) in [5.41, 5.74) is 4.88. The smallest absolute Gasteiger partial charge is 0.000179 e. The summed E-state index contributed by atoms with van der Waals surface area (Å²) >= 11 is 2.24. The number of hydrogen-bond donors (Lipinski definition) is 0. The molecule has 0 radical (unpaired) electrons. The van der Waals surface area contributed by atoms with Crippen LogP contribution in [-0.2, 0) is 0 Å². The lowest BCUT2D eigenvalue weighted by atomic mass is 9.51. The average Bonchev–Trinajstić information content (AvgIpc) is 2.56. The Hall–Kier alpha value is 0.0900. The van der Waals surface area contributed by atoms with Crippen LogP contribution in [0.1, 0.15) is 52.4 Å². The molecule has 0 amide bonds. The minimum Gasteiger partial charge on any atom is -0.161 e. The second-order valence-electron chi connectivity index (χ2n) is 6.17. The molecule has 15 heavy (non-hydrogen) atoms. The Kier molecular flexibility index (Phi) is 2.25. The van der Waals surface area contributed by atoms with Gasteiger partial charge in [0, 0.05) is 0 Å². The molecule has 0 nitrogen and oxygen atoms in total. The van der Waals surface area contributed by atoms with Gasteiger partial charge in [-0.2, -0.15) is 11.8 Å². The highest BCUT2D eigenvalue weighted by Gasteiger charge is 2.57. The topological polar surface area (TPSA) is 0 Å². The first-order valence-electron chi connectivity index (χ1n) is 6.41. The summed E-state index contributed by atoms with van der Waals surface area (Å²) in [6.45, 7) is 4.76. The van der Waals surface area contributed by atoms with Crippen molar-refractivity contribution in [1.82, 2.24) is 0 Å². The fourth-order valence-corrected chi connectivity index (χ4v) is 6.31. The third-order valence-corrected chi connectivity index (χ3v) is 6.89. The van der Waals surface area contributed by atoms with Gasteiger partial charge in [-0.15, -0.1) is 0 Å². The molecule has 84 valence electrons. The van der Waals surface area contributed by atoms with Gasteiger partial charge in [-0.3, -0.25) is 0 Å². The van der Waals surface area contributed by atoms with E-state index >= 15 is 0 Å². The highest BCUT2D eigenvalue weighted by Crippen LogP contribution is 2.66. The third-order valence-electron chi connectivity index (χ3n) is 5.38. The predicted molar refractivity (Wildman–Crippen MR) is 68.3 cm³/mol. The molecule has 0 aromatic carbocycles. The van der Waals surface area contributed by atoms with Crippen LogP contribution in [0, 0.1) is 10.8 Å². The van der Waals surface area contributed by atoms with E-state index in [0.29, 0.717) is 0 Å². The first kappa shape index (κ1) is 10.3. The largest absolute Gasteiger partial charge is 0.161 e. The number of allylic oxidation sites excluding steroid dienone is 2. The molecule has 1 saturated heterocycles. The molecule has 1 heterocycles. The molecule has 2 fully saturated rings. The summed E-state index contributed by atoms with van der Waals surface area (Å²) in [5, 5.41) is 0. The molecule has 0 aromatic rings. The maximum Gasteiger partial charge on any atom is -0.000179 e. The van der Waals surface area contributed by atoms with Crippen molar-refractivity contribution in [2.45, 2.75) is 52.4 Å². The Morgan fingerprint density at radius 2 is 1.33 bits per heavy atom. The van der Waals surface area contributed by atoms with E-state index in [1.807, 2.05) is 0 Å². The van der Waals surface area contributed by atoms with E-state index in [1.54, 1.807) is 11.1 Å². The molecule has 1 aliphatic heterocycles. The van der Waals surface area contributed by atoms with Crippen molar-refractivity contribution in [2.75, 3.05) is 11.5 Å². The Labute approximate surface area is 97.9 Å². The van der Waals surface area contributed by atoms with Gasteiger partial charge in [0.15, 0.2) is 0 Å². The SMILES string of the molecule is CC1=C(C)C[C@]23CCCC[C@]2(CSC3)C1. The summed E-state index contributed by atoms with van der Waals surface area (Å²) in [4.78, 5) is 0. The van der Waals surface area contributed by atoms with Crippen LogP contribution >= 0.6 is 11.8 Å². The molecular weight excluding hydrogens is 200 g/mol. The van der Waals surface area contributed by atoms with Crippen molar-refractivity contribution in [2.24, 2.45) is 10.8 Å². The van der Waals surface area contributed by atoms with Crippen molar-refractivity contribution >= 4 is 11.8 Å². The molecular formula is C14H22S. The van der Waals surface area contributed by atoms with Crippen LogP contribution in [0.15, 0.2) is 11.1 Å². The van der Waals surface area contributed by atoms with E-state index < -0.39 is 0 Å². The molecule has 0 bridgehead atoms. The maximum atomic E-state index is 2.38. The summed E-state index contributed by atoms with van der Waals surface area (Å²) in [6.07, 6.45) is 8.87. The van der Waals surface area contributed by atoms with Gasteiger partial charge in [-0.1, -0.05) is 24.0 Å². The molecule has 1 saturated carbocycles. The zero-order valence-electron chi connectivity index (χ0n) is 10.1. The monoisotopic (exact) mass is 222 g/mol. The highest BCUT2D eigenvalue weighted by atomic mass is 32.2. The molecule has 1 heteroatoms. The van der Waals surface area contributed by atoms with E-state index in [4.69, 9.17) is 0 Å². The summed E-state index contributed by atoms with van der Waals surface area (Å²) in [7, 11) is 0. The van der Waals surface area contributed by atoms with Gasteiger partial charge in [0.25, 0.3) is 0 Å². The molecule has 3 rings (SSSR count). The van der Waals surface area contributed by atoms with Crippen LogP contribution in [0.5, 0.6) is 0 Å². The number of rotatable bonds is 0. The molecule has 2 atom stereocenters. The Bertz CT molecular complexity index is 287. The van der Waals surface area contributed by atoms with Gasteiger partial charge >= 0.3 is 0 Å². The van der Waals surface area contributed by atoms with Gasteiger partial charge in [0.05, 0.1) is 0 Å². The molecule has 0 N–H and O–H groups in total. The van der Waals surface area contributed by atoms with Crippen LogP contribution in [0.2, 0.25) is 0 Å². The van der Waals surface area contributed by atoms with Gasteiger partial charge in [-0.25, -0.2) is 0 Å². The zero-order valence-corrected chi connectivity index (χ0v) is 10.9. The quantitative estimate of drug-likeness (QED) is 0.547. The Morgan fingerprint density at radius 3 is 1.80 bits per heavy atom. The minimum atomic E-state index is 0.722. The summed E-state index contributed by atoms with van der Waals surface area (Å²) in [5.74, 6) is 2.91. The standard InChI is InChI=1S/C14H22S/c1-11-7-13-5-3-4-6-14(13,8-12(11)2)10-15-9-13/h3-10H2,1-2H3/t13-,14+. The Morgan fingerprint density at radius 1 is 0.867 bits per heavy atom. The Balaban J connectivity index is 2.04. The highest BCUT2D eigenvalue weighted by molar-refractivity contribution is 7.99. The average molecular weight is 222 g/mol. The fourth-order valence-electron chi connectivity index (χ4n) is 4.32. The molecule has 0 aromatic heterocycles. The van der Waals surface area contributed by atoms with E-state index in [0.717, 1.165) is 10.8 Å². The van der Waals surface area contributed by atoms with Crippen molar-refractivity contribution in [1.29, 1.82) is 0 Å². The normalized spacial score (nSPS) is 45.2. The lowest BCUT2D eigenvalue weighted by Gasteiger charge is -2.53. The van der Waals surface area contributed by atoms with Crippen LogP contribution < -0.4 is 0 Å². The summed E-state index contributed by atoms with van der Waals surface area (Å²) < 4.78 is 0. The van der Waals surface area contributed by atoms with Crippen molar-refractivity contribution in [3.63, 3.8) is 0 Å². The zero-order chi connectivity index (χ0) is 10.5. The first-order valence-corrected chi connectivity index (χ1v) is 7.56. The van der Waals surface area contributed by atoms with Crippen molar-refractivity contribution < 1.29 is 0 Å². The van der Waals surface area contributed by atoms with E-state index in [9.17, 15) is 0 Å². The predicted octanol–water partition coefficient (Wildman–Crippen LogP) is 4.41. The van der Waals surface area contributed by atoms with Crippen LogP contribution in [-0.4, -0.2) is 11.5 Å². The second-order valence-corrected chi connectivity index (χ2v) is 7.16. The van der Waals surface area contributed by atoms with Gasteiger partial charge < -0.3 is 0 Å². The lowest BCUT2D eigenvalue weighted by Crippen LogP contribution is -2.46. The van der Waals surface area contributed by atoms with Gasteiger partial charge in [0.1, 0.15) is 0 Å². The van der Waals surface area contributed by atoms with E-state index in [1.165, 1.54) is 50.0 Å². The number of hydrogen-bond acceptors (Lipinski definition) is 1. The molecule has 2 aliphatic carbocycles. The molecule has 0 unspecified atom stereocenters. The maximum absolute atomic E-state index is 2.38. The minimum absolute atomic E-state index is 0.722. The van der Waals surface area contributed by atoms with E-state index in [-0.39, 0.29) is 0 Å².